The number of piperidine rings is 1. The lowest BCUT2D eigenvalue weighted by Crippen LogP contribution is -2.45. The Morgan fingerprint density at radius 1 is 1.07 bits per heavy atom. The molecule has 0 aromatic heterocycles. The number of amides is 1. The molecule has 1 spiro atoms. The zero-order valence-electron chi connectivity index (χ0n) is 16.2. The fourth-order valence-electron chi connectivity index (χ4n) is 4.19. The van der Waals surface area contributed by atoms with Gasteiger partial charge in [-0.05, 0) is 36.4 Å². The van der Waals surface area contributed by atoms with E-state index in [1.54, 1.807) is 18.2 Å². The van der Waals surface area contributed by atoms with Crippen LogP contribution in [0.3, 0.4) is 0 Å². The molecule has 2 aromatic rings. The number of halogens is 2. The lowest BCUT2D eigenvalue weighted by molar-refractivity contribution is -0.169. The molecule has 0 saturated carbocycles. The van der Waals surface area contributed by atoms with Gasteiger partial charge in [0.2, 0.25) is 0 Å². The molecule has 5 rings (SSSR count). The van der Waals surface area contributed by atoms with Crippen molar-refractivity contribution in [1.29, 1.82) is 0 Å². The van der Waals surface area contributed by atoms with Gasteiger partial charge in [0.15, 0.2) is 5.79 Å². The smallest absolute Gasteiger partial charge is 0.257 e. The van der Waals surface area contributed by atoms with Gasteiger partial charge in [-0.2, -0.15) is 0 Å². The summed E-state index contributed by atoms with van der Waals surface area (Å²) in [7, 11) is 0. The summed E-state index contributed by atoms with van der Waals surface area (Å²) in [5, 5.41) is 5.59. The lowest BCUT2D eigenvalue weighted by Gasteiger charge is -2.38. The molecule has 156 valence electrons. The maximum absolute atomic E-state index is 14.8. The number of hydrogen-bond donors (Lipinski definition) is 2. The minimum absolute atomic E-state index is 0.334. The van der Waals surface area contributed by atoms with E-state index in [0.29, 0.717) is 67.3 Å². The maximum atomic E-state index is 14.8. The standard InChI is InChI=1S/C22H21F2N3O3/c23-14-1-3-16-17(21(28)26-19(16)11-14)13-25-15-2-4-20(18(24)12-15)27-7-5-22(6-8-27)29-9-10-30-22/h1-4,11-13,25H,5-10H2,(H,26,28). The van der Waals surface area contributed by atoms with Gasteiger partial charge in [-0.3, -0.25) is 4.79 Å². The molecule has 2 saturated heterocycles. The average Bonchev–Trinajstić information content (AvgIpc) is 3.31. The normalized spacial score (nSPS) is 21.2. The van der Waals surface area contributed by atoms with E-state index in [4.69, 9.17) is 9.47 Å². The third-order valence-electron chi connectivity index (χ3n) is 5.77. The summed E-state index contributed by atoms with van der Waals surface area (Å²) in [5.74, 6) is -1.60. The Morgan fingerprint density at radius 3 is 2.57 bits per heavy atom. The van der Waals surface area contributed by atoms with Crippen LogP contribution < -0.4 is 15.5 Å². The molecule has 0 aliphatic carbocycles. The molecule has 1 amide bonds. The zero-order valence-corrected chi connectivity index (χ0v) is 16.2. The zero-order chi connectivity index (χ0) is 20.7. The number of benzene rings is 2. The van der Waals surface area contributed by atoms with Crippen LogP contribution in [0.25, 0.3) is 5.57 Å². The van der Waals surface area contributed by atoms with Crippen molar-refractivity contribution >= 4 is 28.5 Å². The van der Waals surface area contributed by atoms with Gasteiger partial charge in [0.1, 0.15) is 11.6 Å². The van der Waals surface area contributed by atoms with Crippen LogP contribution in [0.4, 0.5) is 25.8 Å². The van der Waals surface area contributed by atoms with Gasteiger partial charge in [-0.25, -0.2) is 8.78 Å². The van der Waals surface area contributed by atoms with Crippen LogP contribution in [0, 0.1) is 11.6 Å². The molecule has 0 atom stereocenters. The molecule has 30 heavy (non-hydrogen) atoms. The van der Waals surface area contributed by atoms with Gasteiger partial charge >= 0.3 is 0 Å². The highest BCUT2D eigenvalue weighted by atomic mass is 19.1. The third-order valence-corrected chi connectivity index (χ3v) is 5.77. The molecule has 3 aliphatic heterocycles. The number of carbonyl (C=O) groups excluding carboxylic acids is 1. The Morgan fingerprint density at radius 2 is 1.83 bits per heavy atom. The molecule has 3 heterocycles. The van der Waals surface area contributed by atoms with E-state index in [-0.39, 0.29) is 11.7 Å². The number of anilines is 3. The Kier molecular flexibility index (Phi) is 4.67. The number of nitrogens with zero attached hydrogens (tertiary/aromatic N) is 1. The first-order chi connectivity index (χ1) is 14.5. The second-order valence-electron chi connectivity index (χ2n) is 7.61. The summed E-state index contributed by atoms with van der Waals surface area (Å²) in [6, 6.07) is 9.00. The molecule has 0 radical (unpaired) electrons. The van der Waals surface area contributed by atoms with Crippen LogP contribution in [-0.2, 0) is 14.3 Å². The van der Waals surface area contributed by atoms with Gasteiger partial charge in [0, 0.05) is 43.4 Å². The second-order valence-corrected chi connectivity index (χ2v) is 7.61. The lowest BCUT2D eigenvalue weighted by atomic mass is 10.0. The molecule has 0 bridgehead atoms. The highest BCUT2D eigenvalue weighted by Gasteiger charge is 2.40. The molecule has 2 fully saturated rings. The van der Waals surface area contributed by atoms with Crippen LogP contribution in [0.15, 0.2) is 42.6 Å². The van der Waals surface area contributed by atoms with Gasteiger partial charge in [0.05, 0.1) is 30.2 Å². The predicted octanol–water partition coefficient (Wildman–Crippen LogP) is 3.71. The van der Waals surface area contributed by atoms with Crippen LogP contribution in [0.5, 0.6) is 0 Å². The summed E-state index contributed by atoms with van der Waals surface area (Å²) >= 11 is 0. The number of ether oxygens (including phenoxy) is 2. The second kappa shape index (κ2) is 7.37. The first kappa shape index (κ1) is 19.0. The minimum atomic E-state index is -0.498. The molecule has 0 unspecified atom stereocenters. The molecule has 6 nitrogen and oxygen atoms in total. The summed E-state index contributed by atoms with van der Waals surface area (Å²) in [6.45, 7) is 2.53. The van der Waals surface area contributed by atoms with Crippen molar-refractivity contribution in [2.45, 2.75) is 18.6 Å². The van der Waals surface area contributed by atoms with Crippen molar-refractivity contribution in [3.63, 3.8) is 0 Å². The maximum Gasteiger partial charge on any atom is 0.257 e. The fourth-order valence-corrected chi connectivity index (χ4v) is 4.19. The Labute approximate surface area is 172 Å². The van der Waals surface area contributed by atoms with Crippen molar-refractivity contribution in [2.24, 2.45) is 0 Å². The van der Waals surface area contributed by atoms with E-state index >= 15 is 0 Å². The Bertz CT molecular complexity index is 1020. The number of nitrogens with one attached hydrogen (secondary N) is 2. The molecule has 3 aliphatic rings. The molecule has 2 aromatic carbocycles. The van der Waals surface area contributed by atoms with Crippen molar-refractivity contribution in [2.75, 3.05) is 41.8 Å². The Hall–Kier alpha value is -2.97. The predicted molar refractivity (Wildman–Crippen MR) is 109 cm³/mol. The monoisotopic (exact) mass is 413 g/mol. The van der Waals surface area contributed by atoms with Crippen LogP contribution in [0.2, 0.25) is 0 Å². The van der Waals surface area contributed by atoms with Gasteiger partial charge in [-0.15, -0.1) is 0 Å². The number of rotatable bonds is 3. The van der Waals surface area contributed by atoms with Crippen LogP contribution in [-0.4, -0.2) is 38.0 Å². The quantitative estimate of drug-likeness (QED) is 0.752. The van der Waals surface area contributed by atoms with Gasteiger partial charge in [-0.1, -0.05) is 0 Å². The summed E-state index contributed by atoms with van der Waals surface area (Å²) in [4.78, 5) is 14.1. The van der Waals surface area contributed by atoms with E-state index in [0.717, 1.165) is 0 Å². The first-order valence-electron chi connectivity index (χ1n) is 9.93. The third kappa shape index (κ3) is 3.42. The molecule has 2 N–H and O–H groups in total. The van der Waals surface area contributed by atoms with Crippen molar-refractivity contribution < 1.29 is 23.0 Å². The summed E-state index contributed by atoms with van der Waals surface area (Å²) < 4.78 is 39.6. The van der Waals surface area contributed by atoms with E-state index in [2.05, 4.69) is 10.6 Å². The number of hydrogen-bond acceptors (Lipinski definition) is 5. The highest BCUT2D eigenvalue weighted by Crippen LogP contribution is 2.35. The number of fused-ring (bicyclic) bond motifs is 1. The van der Waals surface area contributed by atoms with Gasteiger partial charge in [0.25, 0.3) is 5.91 Å². The topological polar surface area (TPSA) is 62.8 Å². The van der Waals surface area contributed by atoms with Crippen LogP contribution >= 0.6 is 0 Å². The van der Waals surface area contributed by atoms with Crippen molar-refractivity contribution in [3.05, 3.63) is 59.8 Å². The van der Waals surface area contributed by atoms with Crippen molar-refractivity contribution in [3.8, 4) is 0 Å². The van der Waals surface area contributed by atoms with E-state index in [9.17, 15) is 13.6 Å². The Balaban J connectivity index is 1.29. The highest BCUT2D eigenvalue weighted by molar-refractivity contribution is 6.31. The van der Waals surface area contributed by atoms with E-state index in [1.165, 1.54) is 24.4 Å². The average molecular weight is 413 g/mol. The van der Waals surface area contributed by atoms with E-state index < -0.39 is 11.6 Å². The van der Waals surface area contributed by atoms with Crippen LogP contribution in [0.1, 0.15) is 18.4 Å². The van der Waals surface area contributed by atoms with Crippen molar-refractivity contribution in [1.82, 2.24) is 0 Å². The molecular weight excluding hydrogens is 392 g/mol. The minimum Gasteiger partial charge on any atom is -0.369 e. The fraction of sp³-hybridized carbons (Fsp3) is 0.318. The number of carbonyl (C=O) groups is 1. The molecular formula is C22H21F2N3O3. The summed E-state index contributed by atoms with van der Waals surface area (Å²) in [6.07, 6.45) is 2.91. The molecule has 8 heteroatoms. The van der Waals surface area contributed by atoms with Gasteiger partial charge < -0.3 is 25.0 Å². The SMILES string of the molecule is O=C1Nc2cc(F)ccc2C1=CNc1ccc(N2CCC3(CC2)OCCO3)c(F)c1. The first-order valence-corrected chi connectivity index (χ1v) is 9.93. The largest absolute Gasteiger partial charge is 0.369 e. The van der Waals surface area contributed by atoms with E-state index in [1.807, 2.05) is 4.90 Å². The summed E-state index contributed by atoms with van der Waals surface area (Å²) in [5.41, 5.74) is 2.44.